The van der Waals surface area contributed by atoms with Gasteiger partial charge in [-0.3, -0.25) is 0 Å². The summed E-state index contributed by atoms with van der Waals surface area (Å²) in [5.41, 5.74) is 0. The summed E-state index contributed by atoms with van der Waals surface area (Å²) in [4.78, 5) is 0. The maximum atomic E-state index is 3.71. The van der Waals surface area contributed by atoms with Gasteiger partial charge in [-0.15, -0.1) is 0 Å². The van der Waals surface area contributed by atoms with E-state index in [1.165, 1.54) is 12.8 Å². The van der Waals surface area contributed by atoms with Gasteiger partial charge in [0.25, 0.3) is 0 Å². The van der Waals surface area contributed by atoms with Gasteiger partial charge in [0.05, 0.1) is 0 Å². The highest BCUT2D eigenvalue weighted by Crippen LogP contribution is 2.44. The van der Waals surface area contributed by atoms with E-state index in [1.807, 2.05) is 11.8 Å². The number of hydrogen-bond acceptors (Lipinski definition) is 2. The topological polar surface area (TPSA) is 12.0 Å². The first-order valence-electron chi connectivity index (χ1n) is 6.15. The molecule has 0 aromatic heterocycles. The van der Waals surface area contributed by atoms with Gasteiger partial charge in [0.15, 0.2) is 0 Å². The number of fused-ring (bicyclic) bond motifs is 2. The number of rotatable bonds is 5. The fourth-order valence-electron chi connectivity index (χ4n) is 2.98. The predicted molar refractivity (Wildman–Crippen MR) is 69.3 cm³/mol. The van der Waals surface area contributed by atoms with E-state index in [4.69, 9.17) is 0 Å². The minimum atomic E-state index is 0.694. The maximum absolute atomic E-state index is 3.71. The molecule has 0 spiro atoms. The highest BCUT2D eigenvalue weighted by atomic mass is 32.2. The predicted octanol–water partition coefficient (Wildman–Crippen LogP) is 2.93. The molecule has 1 nitrogen and oxygen atoms in total. The molecule has 1 fully saturated rings. The first-order chi connectivity index (χ1) is 7.20. The SMILES string of the molecule is CSC(C)CNC(C)C1CC2C=CC1C2. The molecule has 5 unspecified atom stereocenters. The van der Waals surface area contributed by atoms with Crippen LogP contribution in [0.15, 0.2) is 12.2 Å². The van der Waals surface area contributed by atoms with Gasteiger partial charge in [0.2, 0.25) is 0 Å². The number of thioether (sulfide) groups is 1. The average molecular weight is 225 g/mol. The summed E-state index contributed by atoms with van der Waals surface area (Å²) in [6.45, 7) is 5.82. The van der Waals surface area contributed by atoms with E-state index in [2.05, 4.69) is 37.6 Å². The molecule has 0 heterocycles. The van der Waals surface area contributed by atoms with Crippen LogP contribution in [0.2, 0.25) is 0 Å². The van der Waals surface area contributed by atoms with E-state index >= 15 is 0 Å². The Bertz CT molecular complexity index is 239. The Balaban J connectivity index is 1.77. The Kier molecular flexibility index (Phi) is 3.78. The zero-order chi connectivity index (χ0) is 10.8. The zero-order valence-corrected chi connectivity index (χ0v) is 10.9. The van der Waals surface area contributed by atoms with Crippen molar-refractivity contribution in [2.45, 2.75) is 38.0 Å². The monoisotopic (exact) mass is 225 g/mol. The van der Waals surface area contributed by atoms with Gasteiger partial charge in [-0.2, -0.15) is 11.8 Å². The molecule has 0 aromatic rings. The van der Waals surface area contributed by atoms with Gasteiger partial charge in [-0.1, -0.05) is 19.1 Å². The number of allylic oxidation sites excluding steroid dienone is 2. The minimum absolute atomic E-state index is 0.694. The first-order valence-corrected chi connectivity index (χ1v) is 7.44. The maximum Gasteiger partial charge on any atom is 0.0141 e. The molecule has 1 N–H and O–H groups in total. The van der Waals surface area contributed by atoms with Crippen molar-refractivity contribution in [1.29, 1.82) is 0 Å². The molecule has 15 heavy (non-hydrogen) atoms. The van der Waals surface area contributed by atoms with Crippen LogP contribution < -0.4 is 5.32 Å². The molecular formula is C13H23NS. The summed E-state index contributed by atoms with van der Waals surface area (Å²) >= 11 is 1.95. The molecule has 5 atom stereocenters. The lowest BCUT2D eigenvalue weighted by atomic mass is 9.87. The summed E-state index contributed by atoms with van der Waals surface area (Å²) in [6.07, 6.45) is 9.92. The van der Waals surface area contributed by atoms with Crippen LogP contribution in [-0.2, 0) is 0 Å². The van der Waals surface area contributed by atoms with E-state index in [9.17, 15) is 0 Å². The first kappa shape index (κ1) is 11.5. The van der Waals surface area contributed by atoms with Gasteiger partial charge in [0, 0.05) is 17.8 Å². The van der Waals surface area contributed by atoms with Crippen molar-refractivity contribution in [2.24, 2.45) is 17.8 Å². The standard InChI is InChI=1S/C13H23NS/c1-9(15-3)8-14-10(2)13-7-11-4-5-12(13)6-11/h4-5,9-14H,6-8H2,1-3H3. The molecule has 2 bridgehead atoms. The van der Waals surface area contributed by atoms with Gasteiger partial charge < -0.3 is 5.32 Å². The lowest BCUT2D eigenvalue weighted by molar-refractivity contribution is 0.329. The number of hydrogen-bond donors (Lipinski definition) is 1. The second-order valence-electron chi connectivity index (χ2n) is 5.19. The van der Waals surface area contributed by atoms with Crippen LogP contribution >= 0.6 is 11.8 Å². The van der Waals surface area contributed by atoms with E-state index in [0.717, 1.165) is 29.5 Å². The zero-order valence-electron chi connectivity index (χ0n) is 10.1. The molecule has 0 amide bonds. The molecule has 0 radical (unpaired) electrons. The Morgan fingerprint density at radius 1 is 1.33 bits per heavy atom. The molecule has 2 rings (SSSR count). The van der Waals surface area contributed by atoms with E-state index < -0.39 is 0 Å². The Morgan fingerprint density at radius 3 is 2.67 bits per heavy atom. The normalized spacial score (nSPS) is 37.1. The fraction of sp³-hybridized carbons (Fsp3) is 0.846. The van der Waals surface area contributed by atoms with E-state index in [0.29, 0.717) is 6.04 Å². The lowest BCUT2D eigenvalue weighted by Gasteiger charge is -2.27. The molecular weight excluding hydrogens is 202 g/mol. The molecule has 2 aliphatic rings. The van der Waals surface area contributed by atoms with Crippen molar-refractivity contribution >= 4 is 11.8 Å². The van der Waals surface area contributed by atoms with Crippen LogP contribution in [0.5, 0.6) is 0 Å². The highest BCUT2D eigenvalue weighted by Gasteiger charge is 2.38. The Labute approximate surface area is 98.1 Å². The van der Waals surface area contributed by atoms with Crippen molar-refractivity contribution in [3.05, 3.63) is 12.2 Å². The minimum Gasteiger partial charge on any atom is -0.313 e. The summed E-state index contributed by atoms with van der Waals surface area (Å²) in [6, 6.07) is 0.694. The number of nitrogens with one attached hydrogen (secondary N) is 1. The molecule has 0 aromatic carbocycles. The largest absolute Gasteiger partial charge is 0.313 e. The van der Waals surface area contributed by atoms with E-state index in [-0.39, 0.29) is 0 Å². The van der Waals surface area contributed by atoms with Crippen LogP contribution in [-0.4, -0.2) is 24.1 Å². The van der Waals surface area contributed by atoms with Crippen LogP contribution in [0.25, 0.3) is 0 Å². The Hall–Kier alpha value is 0.0500. The third-order valence-corrected chi connectivity index (χ3v) is 5.07. The fourth-order valence-corrected chi connectivity index (χ4v) is 3.25. The summed E-state index contributed by atoms with van der Waals surface area (Å²) in [5, 5.41) is 4.44. The third-order valence-electron chi connectivity index (χ3n) is 4.10. The lowest BCUT2D eigenvalue weighted by Crippen LogP contribution is -2.38. The van der Waals surface area contributed by atoms with Crippen LogP contribution in [0.1, 0.15) is 26.7 Å². The third kappa shape index (κ3) is 2.59. The van der Waals surface area contributed by atoms with Crippen LogP contribution in [0.3, 0.4) is 0 Å². The molecule has 1 saturated carbocycles. The van der Waals surface area contributed by atoms with E-state index in [1.54, 1.807) is 0 Å². The van der Waals surface area contributed by atoms with Gasteiger partial charge in [-0.25, -0.2) is 0 Å². The average Bonchev–Trinajstić information content (AvgIpc) is 2.86. The smallest absolute Gasteiger partial charge is 0.0141 e. The van der Waals surface area contributed by atoms with Gasteiger partial charge >= 0.3 is 0 Å². The molecule has 2 aliphatic carbocycles. The van der Waals surface area contributed by atoms with Gasteiger partial charge in [0.1, 0.15) is 0 Å². The molecule has 86 valence electrons. The van der Waals surface area contributed by atoms with Crippen molar-refractivity contribution in [2.75, 3.05) is 12.8 Å². The second-order valence-corrected chi connectivity index (χ2v) is 6.46. The summed E-state index contributed by atoms with van der Waals surface area (Å²) in [7, 11) is 0. The molecule has 2 heteroatoms. The van der Waals surface area contributed by atoms with Crippen molar-refractivity contribution < 1.29 is 0 Å². The molecule has 0 aliphatic heterocycles. The van der Waals surface area contributed by atoms with Crippen LogP contribution in [0, 0.1) is 17.8 Å². The summed E-state index contributed by atoms with van der Waals surface area (Å²) in [5.74, 6) is 2.68. The molecule has 0 saturated heterocycles. The van der Waals surface area contributed by atoms with Crippen molar-refractivity contribution in [1.82, 2.24) is 5.32 Å². The second kappa shape index (κ2) is 4.92. The van der Waals surface area contributed by atoms with Gasteiger partial charge in [-0.05, 0) is 43.8 Å². The van der Waals surface area contributed by atoms with Crippen molar-refractivity contribution in [3.8, 4) is 0 Å². The van der Waals surface area contributed by atoms with Crippen molar-refractivity contribution in [3.63, 3.8) is 0 Å². The quantitative estimate of drug-likeness (QED) is 0.722. The Morgan fingerprint density at radius 2 is 2.13 bits per heavy atom. The highest BCUT2D eigenvalue weighted by molar-refractivity contribution is 7.99. The van der Waals surface area contributed by atoms with Crippen LogP contribution in [0.4, 0.5) is 0 Å². The summed E-state index contributed by atoms with van der Waals surface area (Å²) < 4.78 is 0.